The van der Waals surface area contributed by atoms with Gasteiger partial charge in [-0.15, -0.1) is 0 Å². The zero-order valence-corrected chi connectivity index (χ0v) is 10.4. The van der Waals surface area contributed by atoms with Crippen LogP contribution < -0.4 is 5.73 Å². The second-order valence-electron chi connectivity index (χ2n) is 5.18. The first-order valence-electron chi connectivity index (χ1n) is 6.21. The van der Waals surface area contributed by atoms with Crippen molar-refractivity contribution in [2.75, 3.05) is 19.6 Å². The number of hydrogen-bond acceptors (Lipinski definition) is 3. The van der Waals surface area contributed by atoms with Crippen molar-refractivity contribution in [2.24, 2.45) is 17.6 Å². The molecule has 2 bridgehead atoms. The molecule has 1 atom stereocenters. The Bertz CT molecular complexity index is 200. The predicted molar refractivity (Wildman–Crippen MR) is 64.2 cm³/mol. The van der Waals surface area contributed by atoms with Crippen molar-refractivity contribution in [3.63, 3.8) is 0 Å². The van der Waals surface area contributed by atoms with E-state index in [1.165, 1.54) is 38.9 Å². The Morgan fingerprint density at radius 1 is 1.25 bits per heavy atom. The molecule has 0 aliphatic carbocycles. The molecule has 0 radical (unpaired) electrons. The molecule has 3 aliphatic rings. The smallest absolute Gasteiger partial charge is 0.320 e. The first kappa shape index (κ1) is 13.5. The number of aliphatic carboxylic acids is 1. The topological polar surface area (TPSA) is 66.6 Å². The van der Waals surface area contributed by atoms with Crippen LogP contribution in [0.15, 0.2) is 0 Å². The number of nitrogens with zero attached hydrogens (tertiary/aromatic N) is 1. The minimum Gasteiger partial charge on any atom is -0.480 e. The summed E-state index contributed by atoms with van der Waals surface area (Å²) in [5.41, 5.74) is 5.16. The molecule has 4 nitrogen and oxygen atoms in total. The summed E-state index contributed by atoms with van der Waals surface area (Å²) in [5.74, 6) is 0.201. The molecular weight excluding hydrogens is 204 g/mol. The number of carbonyl (C=O) groups is 1. The normalized spacial score (nSPS) is 29.5. The van der Waals surface area contributed by atoms with E-state index >= 15 is 0 Å². The number of piperidine rings is 3. The lowest BCUT2D eigenvalue weighted by atomic mass is 9.89. The predicted octanol–water partition coefficient (Wildman–Crippen LogP) is 1.16. The second-order valence-corrected chi connectivity index (χ2v) is 5.18. The van der Waals surface area contributed by atoms with Gasteiger partial charge in [0.05, 0.1) is 0 Å². The third kappa shape index (κ3) is 4.10. The second kappa shape index (κ2) is 6.21. The highest BCUT2D eigenvalue weighted by molar-refractivity contribution is 5.73. The Morgan fingerprint density at radius 3 is 1.75 bits per heavy atom. The highest BCUT2D eigenvalue weighted by atomic mass is 16.4. The number of carboxylic acids is 1. The molecule has 3 rings (SSSR count). The van der Waals surface area contributed by atoms with Crippen LogP contribution in [0.1, 0.15) is 33.1 Å². The van der Waals surface area contributed by atoms with Gasteiger partial charge in [0, 0.05) is 0 Å². The van der Waals surface area contributed by atoms with Crippen LogP contribution in [0.25, 0.3) is 0 Å². The lowest BCUT2D eigenvalue weighted by Crippen LogP contribution is -2.41. The van der Waals surface area contributed by atoms with Crippen molar-refractivity contribution in [1.82, 2.24) is 4.90 Å². The van der Waals surface area contributed by atoms with Gasteiger partial charge < -0.3 is 15.7 Å². The van der Waals surface area contributed by atoms with Crippen LogP contribution in [0.5, 0.6) is 0 Å². The van der Waals surface area contributed by atoms with E-state index in [1.54, 1.807) is 13.8 Å². The van der Waals surface area contributed by atoms with Crippen LogP contribution in [-0.4, -0.2) is 41.7 Å². The van der Waals surface area contributed by atoms with Gasteiger partial charge in [0.15, 0.2) is 0 Å². The monoisotopic (exact) mass is 228 g/mol. The first-order chi connectivity index (χ1) is 7.50. The number of hydrogen-bond donors (Lipinski definition) is 2. The Labute approximate surface area is 97.8 Å². The van der Waals surface area contributed by atoms with Crippen molar-refractivity contribution in [3.8, 4) is 0 Å². The lowest BCUT2D eigenvalue weighted by molar-refractivity contribution is -0.139. The minimum atomic E-state index is -0.931. The number of rotatable bonds is 2. The molecular formula is C12H24N2O2. The van der Waals surface area contributed by atoms with Gasteiger partial charge >= 0.3 is 5.97 Å². The zero-order valence-electron chi connectivity index (χ0n) is 10.4. The van der Waals surface area contributed by atoms with Crippen LogP contribution in [0, 0.1) is 11.8 Å². The first-order valence-corrected chi connectivity index (χ1v) is 6.21. The summed E-state index contributed by atoms with van der Waals surface area (Å²) in [6.45, 7) is 7.73. The Hall–Kier alpha value is -0.610. The minimum absolute atomic E-state index is 0.0208. The van der Waals surface area contributed by atoms with E-state index in [0.29, 0.717) is 0 Å². The molecule has 16 heavy (non-hydrogen) atoms. The van der Waals surface area contributed by atoms with Crippen LogP contribution in [0.4, 0.5) is 0 Å². The van der Waals surface area contributed by atoms with E-state index in [0.717, 1.165) is 5.92 Å². The lowest BCUT2D eigenvalue weighted by Gasteiger charge is -2.38. The average Bonchev–Trinajstić information content (AvgIpc) is 2.31. The van der Waals surface area contributed by atoms with E-state index < -0.39 is 12.0 Å². The fraction of sp³-hybridized carbons (Fsp3) is 0.917. The van der Waals surface area contributed by atoms with E-state index in [2.05, 4.69) is 4.90 Å². The maximum atomic E-state index is 10.0. The summed E-state index contributed by atoms with van der Waals surface area (Å²) in [5, 5.41) is 8.23. The van der Waals surface area contributed by atoms with Gasteiger partial charge in [-0.25, -0.2) is 0 Å². The molecule has 94 valence electrons. The molecule has 0 aromatic rings. The summed E-state index contributed by atoms with van der Waals surface area (Å²) >= 11 is 0. The van der Waals surface area contributed by atoms with Crippen LogP contribution >= 0.6 is 0 Å². The zero-order chi connectivity index (χ0) is 12.1. The summed E-state index contributed by atoms with van der Waals surface area (Å²) in [6.07, 6.45) is 4.46. The molecule has 0 saturated carbocycles. The van der Waals surface area contributed by atoms with Gasteiger partial charge in [0.25, 0.3) is 0 Å². The molecule has 3 saturated heterocycles. The standard InChI is InChI=1S/C7H13N.C5H11NO2/c1-4-8-5-2-7(1)3-6-8;1-3(2)4(6)5(7)8/h7H,1-6H2;3-4H,6H2,1-2H3,(H,7,8)/t;4-/m.0/s1. The van der Waals surface area contributed by atoms with Crippen molar-refractivity contribution in [1.29, 1.82) is 0 Å². The van der Waals surface area contributed by atoms with E-state index in [-0.39, 0.29) is 5.92 Å². The van der Waals surface area contributed by atoms with Crippen LogP contribution in [0.3, 0.4) is 0 Å². The number of nitrogens with two attached hydrogens (primary N) is 1. The van der Waals surface area contributed by atoms with Gasteiger partial charge in [-0.1, -0.05) is 13.8 Å². The van der Waals surface area contributed by atoms with E-state index in [9.17, 15) is 4.79 Å². The molecule has 3 heterocycles. The average molecular weight is 228 g/mol. The number of carboxylic acid groups (broad SMARTS) is 1. The third-order valence-corrected chi connectivity index (χ3v) is 3.56. The fourth-order valence-electron chi connectivity index (χ4n) is 2.15. The van der Waals surface area contributed by atoms with Crippen molar-refractivity contribution in [2.45, 2.75) is 39.2 Å². The molecule has 3 N–H and O–H groups in total. The quantitative estimate of drug-likeness (QED) is 0.744. The van der Waals surface area contributed by atoms with Gasteiger partial charge in [-0.3, -0.25) is 4.79 Å². The molecule has 0 amide bonds. The maximum absolute atomic E-state index is 10.0. The molecule has 0 unspecified atom stereocenters. The van der Waals surface area contributed by atoms with Crippen LogP contribution in [-0.2, 0) is 4.79 Å². The molecule has 3 fully saturated rings. The van der Waals surface area contributed by atoms with Crippen molar-refractivity contribution in [3.05, 3.63) is 0 Å². The van der Waals surface area contributed by atoms with Crippen molar-refractivity contribution >= 4 is 5.97 Å². The Kier molecular flexibility index (Phi) is 5.22. The number of fused-ring (bicyclic) bond motifs is 3. The Balaban J connectivity index is 0.000000160. The maximum Gasteiger partial charge on any atom is 0.320 e. The van der Waals surface area contributed by atoms with Gasteiger partial charge in [0.2, 0.25) is 0 Å². The van der Waals surface area contributed by atoms with Crippen molar-refractivity contribution < 1.29 is 9.90 Å². The Morgan fingerprint density at radius 2 is 1.69 bits per heavy atom. The molecule has 0 aromatic carbocycles. The highest BCUT2D eigenvalue weighted by Crippen LogP contribution is 2.26. The highest BCUT2D eigenvalue weighted by Gasteiger charge is 2.24. The molecule has 4 heteroatoms. The van der Waals surface area contributed by atoms with E-state index in [4.69, 9.17) is 10.8 Å². The van der Waals surface area contributed by atoms with E-state index in [1.807, 2.05) is 0 Å². The fourth-order valence-corrected chi connectivity index (χ4v) is 2.15. The molecule has 0 aromatic heterocycles. The largest absolute Gasteiger partial charge is 0.480 e. The summed E-state index contributed by atoms with van der Waals surface area (Å²) in [4.78, 5) is 12.6. The SMILES string of the molecule is C1CN2CCC1CC2.CC(C)[C@H](N)C(=O)O. The summed E-state index contributed by atoms with van der Waals surface area (Å²) in [6, 6.07) is -0.713. The molecule has 3 aliphatic heterocycles. The third-order valence-electron chi connectivity index (χ3n) is 3.56. The summed E-state index contributed by atoms with van der Waals surface area (Å²) < 4.78 is 0. The van der Waals surface area contributed by atoms with Crippen LogP contribution in [0.2, 0.25) is 0 Å². The van der Waals surface area contributed by atoms with Gasteiger partial charge in [-0.2, -0.15) is 0 Å². The summed E-state index contributed by atoms with van der Waals surface area (Å²) in [7, 11) is 0. The van der Waals surface area contributed by atoms with Gasteiger partial charge in [-0.05, 0) is 50.7 Å². The van der Waals surface area contributed by atoms with Gasteiger partial charge in [0.1, 0.15) is 6.04 Å². The molecule has 0 spiro atoms.